The van der Waals surface area contributed by atoms with Gasteiger partial charge >= 0.3 is 5.97 Å². The summed E-state index contributed by atoms with van der Waals surface area (Å²) >= 11 is 2.94. The number of hydrogen-bond donors (Lipinski definition) is 1. The summed E-state index contributed by atoms with van der Waals surface area (Å²) in [6.45, 7) is 1.82. The minimum absolute atomic E-state index is 0.0279. The Morgan fingerprint density at radius 2 is 2.24 bits per heavy atom. The number of halogens is 3. The van der Waals surface area contributed by atoms with Gasteiger partial charge in [0.25, 0.3) is 6.43 Å². The molecule has 0 saturated carbocycles. The lowest BCUT2D eigenvalue weighted by Crippen LogP contribution is -2.16. The fourth-order valence-corrected chi connectivity index (χ4v) is 1.78. The SMILES string of the molecule is CCOC(=O)Cc1[nH]c(=O)cc(C(F)F)c1Br. The van der Waals surface area contributed by atoms with Crippen LogP contribution in [0.4, 0.5) is 8.78 Å². The summed E-state index contributed by atoms with van der Waals surface area (Å²) in [6, 6.07) is 0.795. The van der Waals surface area contributed by atoms with Gasteiger partial charge in [0.2, 0.25) is 5.56 Å². The molecule has 1 aromatic rings. The van der Waals surface area contributed by atoms with E-state index in [1.165, 1.54) is 0 Å². The molecule has 1 rings (SSSR count). The van der Waals surface area contributed by atoms with Gasteiger partial charge < -0.3 is 9.72 Å². The Hall–Kier alpha value is -1.24. The molecule has 17 heavy (non-hydrogen) atoms. The number of nitrogens with one attached hydrogen (secondary N) is 1. The Morgan fingerprint density at radius 1 is 1.59 bits per heavy atom. The van der Waals surface area contributed by atoms with Crippen molar-refractivity contribution in [3.8, 4) is 0 Å². The number of rotatable bonds is 4. The summed E-state index contributed by atoms with van der Waals surface area (Å²) < 4.78 is 29.8. The first-order valence-electron chi connectivity index (χ1n) is 4.81. The second-order valence-electron chi connectivity index (χ2n) is 3.16. The first kappa shape index (κ1) is 13.8. The van der Waals surface area contributed by atoms with E-state index in [4.69, 9.17) is 0 Å². The number of hydrogen-bond acceptors (Lipinski definition) is 3. The zero-order valence-corrected chi connectivity index (χ0v) is 10.5. The maximum absolute atomic E-state index is 12.6. The molecule has 0 unspecified atom stereocenters. The quantitative estimate of drug-likeness (QED) is 0.867. The smallest absolute Gasteiger partial charge is 0.311 e. The molecule has 1 heterocycles. The Kier molecular flexibility index (Phi) is 4.80. The maximum Gasteiger partial charge on any atom is 0.311 e. The summed E-state index contributed by atoms with van der Waals surface area (Å²) in [6.07, 6.45) is -3.04. The predicted molar refractivity (Wildman–Crippen MR) is 60.1 cm³/mol. The summed E-state index contributed by atoms with van der Waals surface area (Å²) in [5, 5.41) is 0. The molecule has 0 aromatic carbocycles. The van der Waals surface area contributed by atoms with Crippen LogP contribution in [0.15, 0.2) is 15.3 Å². The zero-order chi connectivity index (χ0) is 13.0. The Labute approximate surface area is 104 Å². The highest BCUT2D eigenvalue weighted by Gasteiger charge is 2.18. The topological polar surface area (TPSA) is 59.2 Å². The number of carbonyl (C=O) groups excluding carboxylic acids is 1. The highest BCUT2D eigenvalue weighted by atomic mass is 79.9. The fourth-order valence-electron chi connectivity index (χ4n) is 1.26. The lowest BCUT2D eigenvalue weighted by molar-refractivity contribution is -0.142. The lowest BCUT2D eigenvalue weighted by atomic mass is 10.2. The molecule has 0 fully saturated rings. The van der Waals surface area contributed by atoms with Gasteiger partial charge in [0.1, 0.15) is 0 Å². The minimum atomic E-state index is -2.78. The Bertz CT molecular complexity index is 473. The number of aromatic amines is 1. The van der Waals surface area contributed by atoms with E-state index in [0.717, 1.165) is 6.07 Å². The largest absolute Gasteiger partial charge is 0.466 e. The molecule has 0 aliphatic heterocycles. The van der Waals surface area contributed by atoms with Gasteiger partial charge in [0.05, 0.1) is 13.0 Å². The Balaban J connectivity index is 3.08. The fraction of sp³-hybridized carbons (Fsp3) is 0.400. The number of esters is 1. The van der Waals surface area contributed by atoms with Crippen LogP contribution in [-0.4, -0.2) is 17.6 Å². The van der Waals surface area contributed by atoms with Crippen molar-refractivity contribution in [1.82, 2.24) is 4.98 Å². The van der Waals surface area contributed by atoms with Gasteiger partial charge in [0, 0.05) is 21.8 Å². The predicted octanol–water partition coefficient (Wildman–Crippen LogP) is 2.18. The van der Waals surface area contributed by atoms with Crippen molar-refractivity contribution >= 4 is 21.9 Å². The summed E-state index contributed by atoms with van der Waals surface area (Å²) in [4.78, 5) is 24.7. The number of carbonyl (C=O) groups is 1. The van der Waals surface area contributed by atoms with Gasteiger partial charge in [-0.25, -0.2) is 8.78 Å². The van der Waals surface area contributed by atoms with Crippen molar-refractivity contribution in [2.75, 3.05) is 6.61 Å². The van der Waals surface area contributed by atoms with Crippen LogP contribution < -0.4 is 5.56 Å². The van der Waals surface area contributed by atoms with Crippen LogP contribution >= 0.6 is 15.9 Å². The number of alkyl halides is 2. The normalized spacial score (nSPS) is 10.6. The van der Waals surface area contributed by atoms with Crippen LogP contribution in [0.3, 0.4) is 0 Å². The second-order valence-corrected chi connectivity index (χ2v) is 3.96. The number of pyridine rings is 1. The van der Waals surface area contributed by atoms with Crippen molar-refractivity contribution in [1.29, 1.82) is 0 Å². The maximum atomic E-state index is 12.6. The van der Waals surface area contributed by atoms with E-state index in [0.29, 0.717) is 0 Å². The monoisotopic (exact) mass is 309 g/mol. The Morgan fingerprint density at radius 3 is 2.76 bits per heavy atom. The third-order valence-electron chi connectivity index (χ3n) is 1.94. The number of H-pyrrole nitrogens is 1. The van der Waals surface area contributed by atoms with Gasteiger partial charge in [-0.1, -0.05) is 0 Å². The van der Waals surface area contributed by atoms with Gasteiger partial charge in [0.15, 0.2) is 0 Å². The third-order valence-corrected chi connectivity index (χ3v) is 2.88. The van der Waals surface area contributed by atoms with Crippen LogP contribution in [0.25, 0.3) is 0 Å². The molecule has 0 bridgehead atoms. The molecule has 0 amide bonds. The molecule has 94 valence electrons. The second kappa shape index (κ2) is 5.90. The first-order chi connectivity index (χ1) is 7.95. The van der Waals surface area contributed by atoms with Gasteiger partial charge in [-0.05, 0) is 22.9 Å². The molecule has 4 nitrogen and oxygen atoms in total. The molecule has 0 spiro atoms. The molecule has 0 radical (unpaired) electrons. The van der Waals surface area contributed by atoms with E-state index in [1.807, 2.05) is 0 Å². The van der Waals surface area contributed by atoms with E-state index in [1.54, 1.807) is 6.92 Å². The van der Waals surface area contributed by atoms with Crippen molar-refractivity contribution in [3.63, 3.8) is 0 Å². The molecule has 7 heteroatoms. The van der Waals surface area contributed by atoms with E-state index in [9.17, 15) is 18.4 Å². The van der Waals surface area contributed by atoms with Gasteiger partial charge in [-0.3, -0.25) is 9.59 Å². The zero-order valence-electron chi connectivity index (χ0n) is 8.93. The van der Waals surface area contributed by atoms with Crippen LogP contribution in [0, 0.1) is 0 Å². The summed E-state index contributed by atoms with van der Waals surface area (Å²) in [5.74, 6) is -0.588. The molecule has 1 N–H and O–H groups in total. The van der Waals surface area contributed by atoms with E-state index >= 15 is 0 Å². The summed E-state index contributed by atoms with van der Waals surface area (Å²) in [7, 11) is 0. The molecule has 0 aliphatic carbocycles. The van der Waals surface area contributed by atoms with Gasteiger partial charge in [-0.15, -0.1) is 0 Å². The van der Waals surface area contributed by atoms with E-state index < -0.39 is 23.5 Å². The van der Waals surface area contributed by atoms with Crippen LogP contribution in [0.1, 0.15) is 24.6 Å². The van der Waals surface area contributed by atoms with Crippen LogP contribution in [-0.2, 0) is 16.0 Å². The highest BCUT2D eigenvalue weighted by Crippen LogP contribution is 2.28. The van der Waals surface area contributed by atoms with E-state index in [-0.39, 0.29) is 23.2 Å². The van der Waals surface area contributed by atoms with Crippen LogP contribution in [0.2, 0.25) is 0 Å². The van der Waals surface area contributed by atoms with Gasteiger partial charge in [-0.2, -0.15) is 0 Å². The number of ether oxygens (including phenoxy) is 1. The highest BCUT2D eigenvalue weighted by molar-refractivity contribution is 9.10. The molecule has 0 atom stereocenters. The average molecular weight is 310 g/mol. The average Bonchev–Trinajstić information content (AvgIpc) is 2.22. The molecular formula is C10H10BrF2NO3. The van der Waals surface area contributed by atoms with Crippen LogP contribution in [0.5, 0.6) is 0 Å². The third kappa shape index (κ3) is 3.62. The number of aromatic nitrogens is 1. The van der Waals surface area contributed by atoms with Crippen molar-refractivity contribution in [2.24, 2.45) is 0 Å². The lowest BCUT2D eigenvalue weighted by Gasteiger charge is -2.08. The molecule has 1 aromatic heterocycles. The van der Waals surface area contributed by atoms with E-state index in [2.05, 4.69) is 25.7 Å². The minimum Gasteiger partial charge on any atom is -0.466 e. The molecular weight excluding hydrogens is 300 g/mol. The first-order valence-corrected chi connectivity index (χ1v) is 5.60. The standard InChI is InChI=1S/C10H10BrF2NO3/c1-2-17-8(16)4-6-9(11)5(10(12)13)3-7(15)14-6/h3,10H,2,4H2,1H3,(H,14,15). The van der Waals surface area contributed by atoms with Crippen molar-refractivity contribution < 1.29 is 18.3 Å². The molecule has 0 aliphatic rings. The van der Waals surface area contributed by atoms with Crippen molar-refractivity contribution in [3.05, 3.63) is 32.2 Å². The van der Waals surface area contributed by atoms with Crippen molar-refractivity contribution in [2.45, 2.75) is 19.8 Å². The summed E-state index contributed by atoms with van der Waals surface area (Å²) in [5.41, 5.74) is -1.03. The molecule has 0 saturated heterocycles.